The highest BCUT2D eigenvalue weighted by Crippen LogP contribution is 2.19. The van der Waals surface area contributed by atoms with Crippen LogP contribution < -0.4 is 16.4 Å². The summed E-state index contributed by atoms with van der Waals surface area (Å²) in [4.78, 5) is 40.4. The number of benzene rings is 1. The molecule has 0 saturated carbocycles. The standard InChI is InChI=1S/C17H25N5O3/c1-3-19-17(25)22-11-10-21(15(22)14(23)20-9-8-18)16(24)13-6-4-12(2)5-7-13/h4-7,15H,3,8-11,18H2,1-2H3,(H,19,25)(H,20,23). The first-order valence-electron chi connectivity index (χ1n) is 8.39. The van der Waals surface area contributed by atoms with Crippen molar-refractivity contribution in [3.05, 3.63) is 35.4 Å². The first-order valence-corrected chi connectivity index (χ1v) is 8.39. The molecule has 1 saturated heterocycles. The lowest BCUT2D eigenvalue weighted by atomic mass is 10.1. The van der Waals surface area contributed by atoms with Crippen LogP contribution in [0.3, 0.4) is 0 Å². The topological polar surface area (TPSA) is 108 Å². The second-order valence-corrected chi connectivity index (χ2v) is 5.85. The van der Waals surface area contributed by atoms with E-state index in [0.717, 1.165) is 5.56 Å². The number of aryl methyl sites for hydroxylation is 1. The van der Waals surface area contributed by atoms with Crippen molar-refractivity contribution < 1.29 is 14.4 Å². The molecule has 8 nitrogen and oxygen atoms in total. The Hall–Kier alpha value is -2.61. The van der Waals surface area contributed by atoms with Crippen molar-refractivity contribution in [1.29, 1.82) is 0 Å². The van der Waals surface area contributed by atoms with Gasteiger partial charge >= 0.3 is 6.03 Å². The number of hydrogen-bond acceptors (Lipinski definition) is 4. The molecule has 136 valence electrons. The van der Waals surface area contributed by atoms with Gasteiger partial charge in [-0.2, -0.15) is 0 Å². The van der Waals surface area contributed by atoms with Gasteiger partial charge < -0.3 is 21.3 Å². The van der Waals surface area contributed by atoms with E-state index in [0.29, 0.717) is 25.2 Å². The molecule has 2 rings (SSSR count). The Bertz CT molecular complexity index is 632. The van der Waals surface area contributed by atoms with Crippen molar-refractivity contribution in [3.8, 4) is 0 Å². The van der Waals surface area contributed by atoms with Gasteiger partial charge in [0.05, 0.1) is 0 Å². The van der Waals surface area contributed by atoms with E-state index in [1.54, 1.807) is 19.1 Å². The number of amides is 4. The third-order valence-corrected chi connectivity index (χ3v) is 4.00. The molecule has 1 atom stereocenters. The fourth-order valence-corrected chi connectivity index (χ4v) is 2.74. The first-order chi connectivity index (χ1) is 12.0. The Morgan fingerprint density at radius 1 is 1.12 bits per heavy atom. The molecule has 1 fully saturated rings. The van der Waals surface area contributed by atoms with Gasteiger partial charge in [0.1, 0.15) is 0 Å². The van der Waals surface area contributed by atoms with E-state index >= 15 is 0 Å². The molecule has 0 aliphatic carbocycles. The summed E-state index contributed by atoms with van der Waals surface area (Å²) in [7, 11) is 0. The van der Waals surface area contributed by atoms with Crippen molar-refractivity contribution in [2.75, 3.05) is 32.7 Å². The van der Waals surface area contributed by atoms with E-state index in [9.17, 15) is 14.4 Å². The maximum Gasteiger partial charge on any atom is 0.319 e. The summed E-state index contributed by atoms with van der Waals surface area (Å²) in [6.45, 7) is 5.33. The van der Waals surface area contributed by atoms with Crippen molar-refractivity contribution in [2.24, 2.45) is 5.73 Å². The number of carbonyl (C=O) groups excluding carboxylic acids is 3. The molecule has 8 heteroatoms. The van der Waals surface area contributed by atoms with Crippen LogP contribution in [-0.2, 0) is 4.79 Å². The number of nitrogens with two attached hydrogens (primary N) is 1. The maximum absolute atomic E-state index is 12.8. The lowest BCUT2D eigenvalue weighted by Gasteiger charge is -2.29. The quantitative estimate of drug-likeness (QED) is 0.690. The molecule has 1 heterocycles. The fourth-order valence-electron chi connectivity index (χ4n) is 2.74. The van der Waals surface area contributed by atoms with E-state index in [2.05, 4.69) is 10.6 Å². The van der Waals surface area contributed by atoms with Gasteiger partial charge in [-0.1, -0.05) is 17.7 Å². The predicted octanol–water partition coefficient (Wildman–Crippen LogP) is -0.117. The van der Waals surface area contributed by atoms with Crippen LogP contribution in [0.1, 0.15) is 22.8 Å². The van der Waals surface area contributed by atoms with Crippen molar-refractivity contribution in [3.63, 3.8) is 0 Å². The summed E-state index contributed by atoms with van der Waals surface area (Å²) < 4.78 is 0. The number of carbonyl (C=O) groups is 3. The average molecular weight is 347 g/mol. The Morgan fingerprint density at radius 2 is 1.76 bits per heavy atom. The van der Waals surface area contributed by atoms with Crippen LogP contribution in [0.2, 0.25) is 0 Å². The van der Waals surface area contributed by atoms with Gasteiger partial charge in [0.15, 0.2) is 6.17 Å². The zero-order valence-electron chi connectivity index (χ0n) is 14.6. The molecule has 4 amide bonds. The Balaban J connectivity index is 2.25. The van der Waals surface area contributed by atoms with Gasteiger partial charge in [-0.25, -0.2) is 4.79 Å². The molecule has 25 heavy (non-hydrogen) atoms. The Labute approximate surface area is 147 Å². The smallest absolute Gasteiger partial charge is 0.319 e. The molecular formula is C17H25N5O3. The highest BCUT2D eigenvalue weighted by atomic mass is 16.2. The van der Waals surface area contributed by atoms with E-state index in [-0.39, 0.29) is 25.0 Å². The summed E-state index contributed by atoms with van der Waals surface area (Å²) in [5, 5.41) is 5.35. The summed E-state index contributed by atoms with van der Waals surface area (Å²) in [6.07, 6.45) is -0.980. The van der Waals surface area contributed by atoms with Crippen molar-refractivity contribution in [2.45, 2.75) is 20.0 Å². The molecule has 0 bridgehead atoms. The zero-order chi connectivity index (χ0) is 18.4. The van der Waals surface area contributed by atoms with E-state index in [1.165, 1.54) is 9.80 Å². The number of nitrogens with one attached hydrogen (secondary N) is 2. The van der Waals surface area contributed by atoms with Crippen LogP contribution in [0.5, 0.6) is 0 Å². The number of urea groups is 1. The van der Waals surface area contributed by atoms with Crippen LogP contribution in [-0.4, -0.2) is 66.5 Å². The third-order valence-electron chi connectivity index (χ3n) is 4.00. The van der Waals surface area contributed by atoms with E-state index < -0.39 is 12.1 Å². The van der Waals surface area contributed by atoms with Gasteiger partial charge in [0, 0.05) is 38.3 Å². The van der Waals surface area contributed by atoms with Crippen molar-refractivity contribution >= 4 is 17.8 Å². The van der Waals surface area contributed by atoms with E-state index in [1.807, 2.05) is 19.1 Å². The van der Waals surface area contributed by atoms with Crippen molar-refractivity contribution in [1.82, 2.24) is 20.4 Å². The minimum absolute atomic E-state index is 0.278. The highest BCUT2D eigenvalue weighted by Gasteiger charge is 2.42. The molecule has 4 N–H and O–H groups in total. The van der Waals surface area contributed by atoms with Crippen LogP contribution in [0.25, 0.3) is 0 Å². The number of hydrogen-bond donors (Lipinski definition) is 3. The Kier molecular flexibility index (Phi) is 6.35. The second kappa shape index (κ2) is 8.48. The molecule has 1 aliphatic heterocycles. The van der Waals surface area contributed by atoms with Gasteiger partial charge in [0.2, 0.25) is 0 Å². The minimum Gasteiger partial charge on any atom is -0.351 e. The lowest BCUT2D eigenvalue weighted by molar-refractivity contribution is -0.127. The first kappa shape index (κ1) is 18.7. The Morgan fingerprint density at radius 3 is 2.36 bits per heavy atom. The van der Waals surface area contributed by atoms with Gasteiger partial charge in [-0.05, 0) is 26.0 Å². The normalized spacial score (nSPS) is 16.7. The number of rotatable bonds is 5. The monoisotopic (exact) mass is 347 g/mol. The largest absolute Gasteiger partial charge is 0.351 e. The third kappa shape index (κ3) is 4.27. The number of nitrogens with zero attached hydrogens (tertiary/aromatic N) is 2. The summed E-state index contributed by atoms with van der Waals surface area (Å²) in [6, 6.07) is 6.76. The molecule has 1 unspecified atom stereocenters. The second-order valence-electron chi connectivity index (χ2n) is 5.85. The maximum atomic E-state index is 12.8. The molecule has 1 aromatic carbocycles. The predicted molar refractivity (Wildman–Crippen MR) is 93.8 cm³/mol. The van der Waals surface area contributed by atoms with Crippen LogP contribution >= 0.6 is 0 Å². The fraction of sp³-hybridized carbons (Fsp3) is 0.471. The summed E-state index contributed by atoms with van der Waals surface area (Å²) in [5.74, 6) is -0.686. The van der Waals surface area contributed by atoms with Gasteiger partial charge in [0.25, 0.3) is 11.8 Å². The molecule has 1 aromatic rings. The van der Waals surface area contributed by atoms with Crippen LogP contribution in [0.15, 0.2) is 24.3 Å². The highest BCUT2D eigenvalue weighted by molar-refractivity contribution is 5.99. The van der Waals surface area contributed by atoms with Crippen LogP contribution in [0, 0.1) is 6.92 Å². The van der Waals surface area contributed by atoms with Gasteiger partial charge in [-0.15, -0.1) is 0 Å². The average Bonchev–Trinajstić information content (AvgIpc) is 3.05. The molecule has 0 radical (unpaired) electrons. The molecule has 1 aliphatic rings. The SMILES string of the molecule is CCNC(=O)N1CCN(C(=O)c2ccc(C)cc2)C1C(=O)NCCN. The summed E-state index contributed by atoms with van der Waals surface area (Å²) >= 11 is 0. The van der Waals surface area contributed by atoms with E-state index in [4.69, 9.17) is 5.73 Å². The summed E-state index contributed by atoms with van der Waals surface area (Å²) in [5.41, 5.74) is 6.96. The molecular weight excluding hydrogens is 322 g/mol. The minimum atomic E-state index is -0.980. The zero-order valence-corrected chi connectivity index (χ0v) is 14.6. The van der Waals surface area contributed by atoms with Gasteiger partial charge in [-0.3, -0.25) is 14.5 Å². The molecule has 0 aromatic heterocycles. The lowest BCUT2D eigenvalue weighted by Crippen LogP contribution is -2.56. The molecule has 0 spiro atoms. The van der Waals surface area contributed by atoms with Crippen LogP contribution in [0.4, 0.5) is 4.79 Å².